The Labute approximate surface area is 132 Å². The highest BCUT2D eigenvalue weighted by Gasteiger charge is 2.31. The molecule has 0 spiro atoms. The fourth-order valence-corrected chi connectivity index (χ4v) is 4.53. The van der Waals surface area contributed by atoms with Crippen LogP contribution in [0.2, 0.25) is 0 Å². The number of amides is 1. The average Bonchev–Trinajstić information content (AvgIpc) is 3.13. The zero-order valence-electron chi connectivity index (χ0n) is 11.8. The average molecular weight is 319 g/mol. The first kappa shape index (κ1) is 14.6. The molecule has 0 radical (unpaired) electrons. The minimum atomic E-state index is -0.00125. The van der Waals surface area contributed by atoms with Gasteiger partial charge in [0.15, 0.2) is 0 Å². The fraction of sp³-hybridized carbons (Fsp3) is 0.333. The molecule has 2 heterocycles. The molecule has 1 fully saturated rings. The first-order valence-corrected chi connectivity index (χ1v) is 8.79. The van der Waals surface area contributed by atoms with E-state index in [4.69, 9.17) is 5.73 Å². The summed E-state index contributed by atoms with van der Waals surface area (Å²) in [4.78, 5) is 20.1. The van der Waals surface area contributed by atoms with Crippen LogP contribution in [-0.2, 0) is 0 Å². The lowest BCUT2D eigenvalue weighted by Gasteiger charge is -2.22. The Kier molecular flexibility index (Phi) is 4.28. The van der Waals surface area contributed by atoms with Gasteiger partial charge in [-0.2, -0.15) is 0 Å². The number of nitrogens with two attached hydrogens (primary N) is 1. The molecule has 0 saturated carbocycles. The Hall–Kier alpha value is -1.37. The largest absolute Gasteiger partial charge is 0.328 e. The van der Waals surface area contributed by atoms with Gasteiger partial charge in [-0.1, -0.05) is 30.3 Å². The number of carbonyl (C=O) groups excluding carboxylic acids is 1. The third-order valence-corrected chi connectivity index (χ3v) is 5.59. The van der Waals surface area contributed by atoms with Gasteiger partial charge >= 0.3 is 0 Å². The monoisotopic (exact) mass is 319 g/mol. The minimum Gasteiger partial charge on any atom is -0.328 e. The minimum absolute atomic E-state index is 0.00125. The number of aryl methyl sites for hydroxylation is 1. The molecule has 1 atom stereocenters. The number of thiazole rings is 1. The maximum Gasteiger partial charge on any atom is 0.274 e. The molecule has 1 aromatic heterocycles. The van der Waals surface area contributed by atoms with E-state index in [2.05, 4.69) is 4.98 Å². The molecule has 6 heteroatoms. The van der Waals surface area contributed by atoms with Gasteiger partial charge < -0.3 is 10.6 Å². The lowest BCUT2D eigenvalue weighted by Crippen LogP contribution is -2.41. The van der Waals surface area contributed by atoms with Crippen molar-refractivity contribution in [3.63, 3.8) is 0 Å². The van der Waals surface area contributed by atoms with Crippen molar-refractivity contribution in [3.05, 3.63) is 41.0 Å². The lowest BCUT2D eigenvalue weighted by molar-refractivity contribution is 0.0748. The molecular weight excluding hydrogens is 302 g/mol. The van der Waals surface area contributed by atoms with Crippen LogP contribution in [0.1, 0.15) is 15.5 Å². The van der Waals surface area contributed by atoms with Crippen LogP contribution in [0.15, 0.2) is 30.3 Å². The third kappa shape index (κ3) is 2.84. The first-order valence-electron chi connectivity index (χ1n) is 6.82. The molecule has 0 aliphatic carbocycles. The second-order valence-corrected chi connectivity index (χ2v) is 7.14. The summed E-state index contributed by atoms with van der Waals surface area (Å²) in [7, 11) is 0. The predicted molar refractivity (Wildman–Crippen MR) is 88.6 cm³/mol. The molecule has 4 nitrogen and oxygen atoms in total. The number of benzene rings is 1. The van der Waals surface area contributed by atoms with E-state index in [1.165, 1.54) is 0 Å². The molecule has 21 heavy (non-hydrogen) atoms. The molecular formula is C15H17N3OS2. The lowest BCUT2D eigenvalue weighted by atomic mass is 10.1. The van der Waals surface area contributed by atoms with Crippen LogP contribution in [-0.4, -0.2) is 40.0 Å². The molecule has 1 saturated heterocycles. The third-order valence-electron chi connectivity index (χ3n) is 3.49. The van der Waals surface area contributed by atoms with Gasteiger partial charge in [-0.3, -0.25) is 4.79 Å². The quantitative estimate of drug-likeness (QED) is 0.945. The number of hydrogen-bond donors (Lipinski definition) is 1. The Morgan fingerprint density at radius 2 is 2.19 bits per heavy atom. The van der Waals surface area contributed by atoms with Gasteiger partial charge in [0.25, 0.3) is 5.91 Å². The standard InChI is InChI=1S/C15H17N3OS2/c1-10-17-13(14(21-10)11-5-3-2-4-6-11)15(19)18-9-20-8-12(18)7-16/h2-6,12H,7-9,16H2,1H3/t12-/m1/s1. The van der Waals surface area contributed by atoms with Gasteiger partial charge in [0.2, 0.25) is 0 Å². The predicted octanol–water partition coefficient (Wildman–Crippen LogP) is 2.59. The smallest absolute Gasteiger partial charge is 0.274 e. The Balaban J connectivity index is 1.97. The normalized spacial score (nSPS) is 18.2. The highest BCUT2D eigenvalue weighted by Crippen LogP contribution is 2.32. The molecule has 110 valence electrons. The molecule has 1 aliphatic heterocycles. The summed E-state index contributed by atoms with van der Waals surface area (Å²) in [6, 6.07) is 10.1. The Bertz CT molecular complexity index is 642. The Morgan fingerprint density at radius 3 is 2.90 bits per heavy atom. The van der Waals surface area contributed by atoms with Crippen LogP contribution < -0.4 is 5.73 Å². The van der Waals surface area contributed by atoms with Gasteiger partial charge in [0.05, 0.1) is 21.8 Å². The topological polar surface area (TPSA) is 59.2 Å². The zero-order valence-corrected chi connectivity index (χ0v) is 13.4. The van der Waals surface area contributed by atoms with Crippen molar-refractivity contribution in [2.45, 2.75) is 13.0 Å². The van der Waals surface area contributed by atoms with Crippen molar-refractivity contribution in [1.29, 1.82) is 0 Å². The van der Waals surface area contributed by atoms with Crippen molar-refractivity contribution >= 4 is 29.0 Å². The molecule has 3 rings (SSSR count). The van der Waals surface area contributed by atoms with Crippen molar-refractivity contribution in [3.8, 4) is 10.4 Å². The number of aromatic nitrogens is 1. The SMILES string of the molecule is Cc1nc(C(=O)N2CSC[C@H]2CN)c(-c2ccccc2)s1. The number of thioether (sulfide) groups is 1. The van der Waals surface area contributed by atoms with E-state index in [1.807, 2.05) is 42.2 Å². The van der Waals surface area contributed by atoms with Gasteiger partial charge in [0.1, 0.15) is 5.69 Å². The summed E-state index contributed by atoms with van der Waals surface area (Å²) in [5.41, 5.74) is 7.37. The maximum atomic E-state index is 12.8. The molecule has 2 aromatic rings. The number of nitrogens with zero attached hydrogens (tertiary/aromatic N) is 2. The summed E-state index contributed by atoms with van der Waals surface area (Å²) in [5, 5.41) is 0.911. The van der Waals surface area contributed by atoms with Gasteiger partial charge in [-0.05, 0) is 12.5 Å². The Morgan fingerprint density at radius 1 is 1.43 bits per heavy atom. The van der Waals surface area contributed by atoms with Crippen LogP contribution in [0.4, 0.5) is 0 Å². The number of rotatable bonds is 3. The summed E-state index contributed by atoms with van der Waals surface area (Å²) < 4.78 is 0. The van der Waals surface area contributed by atoms with Gasteiger partial charge in [0, 0.05) is 12.3 Å². The molecule has 1 aliphatic rings. The van der Waals surface area contributed by atoms with E-state index in [9.17, 15) is 4.79 Å². The van der Waals surface area contributed by atoms with E-state index in [-0.39, 0.29) is 11.9 Å². The second-order valence-electron chi connectivity index (χ2n) is 4.94. The molecule has 1 aromatic carbocycles. The summed E-state index contributed by atoms with van der Waals surface area (Å²) in [5.74, 6) is 1.61. The number of carbonyl (C=O) groups is 1. The van der Waals surface area contributed by atoms with E-state index in [0.717, 1.165) is 21.2 Å². The second kappa shape index (κ2) is 6.17. The van der Waals surface area contributed by atoms with E-state index >= 15 is 0 Å². The van der Waals surface area contributed by atoms with Crippen LogP contribution in [0, 0.1) is 6.92 Å². The first-order chi connectivity index (χ1) is 10.2. The highest BCUT2D eigenvalue weighted by molar-refractivity contribution is 7.99. The van der Waals surface area contributed by atoms with Crippen LogP contribution in [0.3, 0.4) is 0 Å². The molecule has 1 amide bonds. The van der Waals surface area contributed by atoms with Crippen molar-refractivity contribution in [1.82, 2.24) is 9.88 Å². The van der Waals surface area contributed by atoms with Crippen LogP contribution in [0.5, 0.6) is 0 Å². The van der Waals surface area contributed by atoms with Gasteiger partial charge in [-0.25, -0.2) is 4.98 Å². The summed E-state index contributed by atoms with van der Waals surface area (Å²) in [6.07, 6.45) is 0. The van der Waals surface area contributed by atoms with Gasteiger partial charge in [-0.15, -0.1) is 23.1 Å². The zero-order chi connectivity index (χ0) is 14.8. The number of hydrogen-bond acceptors (Lipinski definition) is 5. The summed E-state index contributed by atoms with van der Waals surface area (Å²) >= 11 is 3.31. The van der Waals surface area contributed by atoms with E-state index in [0.29, 0.717) is 18.1 Å². The van der Waals surface area contributed by atoms with Crippen molar-refractivity contribution < 1.29 is 4.79 Å². The van der Waals surface area contributed by atoms with Crippen LogP contribution >= 0.6 is 23.1 Å². The highest BCUT2D eigenvalue weighted by atomic mass is 32.2. The molecule has 0 unspecified atom stereocenters. The summed E-state index contributed by atoms with van der Waals surface area (Å²) in [6.45, 7) is 2.44. The molecule has 0 bridgehead atoms. The van der Waals surface area contributed by atoms with E-state index < -0.39 is 0 Å². The van der Waals surface area contributed by atoms with Crippen molar-refractivity contribution in [2.75, 3.05) is 18.2 Å². The maximum absolute atomic E-state index is 12.8. The van der Waals surface area contributed by atoms with Crippen molar-refractivity contribution in [2.24, 2.45) is 5.73 Å². The van der Waals surface area contributed by atoms with E-state index in [1.54, 1.807) is 23.1 Å². The fourth-order valence-electron chi connectivity index (χ4n) is 2.40. The van der Waals surface area contributed by atoms with Crippen LogP contribution in [0.25, 0.3) is 10.4 Å². The molecule has 2 N–H and O–H groups in total.